The van der Waals surface area contributed by atoms with Gasteiger partial charge >= 0.3 is 0 Å². The van der Waals surface area contributed by atoms with E-state index in [-0.39, 0.29) is 5.41 Å². The summed E-state index contributed by atoms with van der Waals surface area (Å²) in [5.74, 6) is 1.92. The van der Waals surface area contributed by atoms with Crippen molar-refractivity contribution < 1.29 is 4.57 Å². The van der Waals surface area contributed by atoms with Crippen molar-refractivity contribution in [1.29, 1.82) is 0 Å². The molecule has 0 amide bonds. The Kier molecular flexibility index (Phi) is 7.76. The molecule has 3 heteroatoms. The van der Waals surface area contributed by atoms with E-state index >= 15 is 0 Å². The second kappa shape index (κ2) is 12.0. The van der Waals surface area contributed by atoms with Gasteiger partial charge in [0, 0.05) is 32.0 Å². The standard InChI is InChI=1S/C47H47N2S/c1-28(2)38-26-34(47(6,7)8)27-39(29(3)4)43(38)49-44-35-18-14-13-17-32(35)21-24-40(44)48(9)46(49)42-30(5)19-22-37-36-23-20-33(25-41(36)50-45(37)42)31-15-11-10-12-16-31/h10-29H,1-9H3/q+1. The van der Waals surface area contributed by atoms with Crippen LogP contribution in [0.5, 0.6) is 0 Å². The molecule has 0 bridgehead atoms. The van der Waals surface area contributed by atoms with Gasteiger partial charge in [0.25, 0.3) is 5.82 Å². The predicted octanol–water partition coefficient (Wildman–Crippen LogP) is 13.2. The number of aromatic nitrogens is 2. The zero-order valence-corrected chi connectivity index (χ0v) is 31.7. The van der Waals surface area contributed by atoms with Crippen LogP contribution in [0.3, 0.4) is 0 Å². The molecule has 0 atom stereocenters. The maximum absolute atomic E-state index is 2.66. The first kappa shape index (κ1) is 32.5. The number of imidazole rings is 1. The van der Waals surface area contributed by atoms with Gasteiger partial charge in [0.1, 0.15) is 5.69 Å². The molecule has 8 rings (SSSR count). The summed E-state index contributed by atoms with van der Waals surface area (Å²) in [5.41, 5.74) is 13.2. The molecule has 8 aromatic rings. The van der Waals surface area contributed by atoms with Crippen LogP contribution in [0.4, 0.5) is 0 Å². The first-order valence-electron chi connectivity index (χ1n) is 18.1. The molecule has 6 aromatic carbocycles. The van der Waals surface area contributed by atoms with E-state index in [1.54, 1.807) is 0 Å². The summed E-state index contributed by atoms with van der Waals surface area (Å²) in [5, 5.41) is 5.19. The third kappa shape index (κ3) is 5.09. The molecule has 0 aliphatic rings. The maximum Gasteiger partial charge on any atom is 0.296 e. The molecular weight excluding hydrogens is 625 g/mol. The van der Waals surface area contributed by atoms with E-state index in [0.29, 0.717) is 11.8 Å². The lowest BCUT2D eigenvalue weighted by Gasteiger charge is -2.26. The second-order valence-corrected chi connectivity index (χ2v) is 16.8. The summed E-state index contributed by atoms with van der Waals surface area (Å²) in [6, 6.07) is 41.0. The van der Waals surface area contributed by atoms with Crippen LogP contribution in [0.1, 0.15) is 82.6 Å². The summed E-state index contributed by atoms with van der Waals surface area (Å²) in [4.78, 5) is 0. The van der Waals surface area contributed by atoms with E-state index in [4.69, 9.17) is 0 Å². The topological polar surface area (TPSA) is 8.81 Å². The number of nitrogens with zero attached hydrogens (tertiary/aromatic N) is 2. The SMILES string of the molecule is Cc1ccc2c(sc3cc(-c4ccccc4)ccc32)c1-c1n(-c2c(C(C)C)cc(C(C)(C)C)cc2C(C)C)c2c3ccccc3ccc2[n+]1C. The Balaban J connectivity index is 1.55. The van der Waals surface area contributed by atoms with Gasteiger partial charge in [0.15, 0.2) is 11.0 Å². The number of hydrogen-bond acceptors (Lipinski definition) is 1. The Morgan fingerprint density at radius 3 is 2.00 bits per heavy atom. The Morgan fingerprint density at radius 2 is 1.32 bits per heavy atom. The van der Waals surface area contributed by atoms with Crippen LogP contribution in [0.15, 0.2) is 109 Å². The van der Waals surface area contributed by atoms with Crippen LogP contribution in [-0.2, 0) is 12.5 Å². The molecule has 2 nitrogen and oxygen atoms in total. The molecule has 50 heavy (non-hydrogen) atoms. The van der Waals surface area contributed by atoms with E-state index in [9.17, 15) is 0 Å². The lowest BCUT2D eigenvalue weighted by atomic mass is 9.81. The van der Waals surface area contributed by atoms with Crippen molar-refractivity contribution in [3.05, 3.63) is 131 Å². The smallest absolute Gasteiger partial charge is 0.225 e. The van der Waals surface area contributed by atoms with Crippen LogP contribution in [0.25, 0.3) is 70.2 Å². The van der Waals surface area contributed by atoms with Crippen molar-refractivity contribution in [2.75, 3.05) is 0 Å². The normalized spacial score (nSPS) is 12.5. The van der Waals surface area contributed by atoms with Gasteiger partial charge in [-0.2, -0.15) is 4.57 Å². The first-order chi connectivity index (χ1) is 23.9. The molecule has 0 fully saturated rings. The van der Waals surface area contributed by atoms with E-state index in [0.717, 1.165) is 0 Å². The minimum Gasteiger partial charge on any atom is -0.225 e. The molecule has 250 valence electrons. The molecule has 2 heterocycles. The highest BCUT2D eigenvalue weighted by Crippen LogP contribution is 2.46. The number of aryl methyl sites for hydroxylation is 2. The lowest BCUT2D eigenvalue weighted by Crippen LogP contribution is -2.30. The lowest BCUT2D eigenvalue weighted by molar-refractivity contribution is -0.633. The average Bonchev–Trinajstić information content (AvgIpc) is 3.61. The van der Waals surface area contributed by atoms with Crippen molar-refractivity contribution in [3.63, 3.8) is 0 Å². The largest absolute Gasteiger partial charge is 0.296 e. The van der Waals surface area contributed by atoms with E-state index in [2.05, 4.69) is 181 Å². The highest BCUT2D eigenvalue weighted by Gasteiger charge is 2.35. The van der Waals surface area contributed by atoms with E-state index in [1.165, 1.54) is 92.4 Å². The average molecular weight is 672 g/mol. The molecule has 0 spiro atoms. The van der Waals surface area contributed by atoms with Gasteiger partial charge in [-0.15, -0.1) is 11.3 Å². The fourth-order valence-corrected chi connectivity index (χ4v) is 9.23. The molecule has 0 aliphatic carbocycles. The third-order valence-electron chi connectivity index (χ3n) is 10.7. The third-order valence-corrected chi connectivity index (χ3v) is 11.9. The summed E-state index contributed by atoms with van der Waals surface area (Å²) in [7, 11) is 2.27. The van der Waals surface area contributed by atoms with Gasteiger partial charge < -0.3 is 0 Å². The van der Waals surface area contributed by atoms with Crippen LogP contribution in [0.2, 0.25) is 0 Å². The fourth-order valence-electron chi connectivity index (χ4n) is 7.89. The van der Waals surface area contributed by atoms with Gasteiger partial charge in [-0.3, -0.25) is 0 Å². The minimum atomic E-state index is 0.0443. The number of fused-ring (bicyclic) bond motifs is 6. The molecule has 0 radical (unpaired) electrons. The van der Waals surface area contributed by atoms with Crippen LogP contribution < -0.4 is 4.57 Å². The molecule has 2 aromatic heterocycles. The molecule has 0 unspecified atom stereocenters. The van der Waals surface area contributed by atoms with Gasteiger partial charge in [0.05, 0.1) is 17.3 Å². The van der Waals surface area contributed by atoms with Crippen molar-refractivity contribution >= 4 is 53.3 Å². The van der Waals surface area contributed by atoms with E-state index < -0.39 is 0 Å². The highest BCUT2D eigenvalue weighted by atomic mass is 32.1. The zero-order chi connectivity index (χ0) is 35.1. The van der Waals surface area contributed by atoms with Crippen molar-refractivity contribution in [2.24, 2.45) is 7.05 Å². The number of rotatable bonds is 5. The number of hydrogen-bond donors (Lipinski definition) is 0. The van der Waals surface area contributed by atoms with Crippen molar-refractivity contribution in [3.8, 4) is 28.2 Å². The van der Waals surface area contributed by atoms with Crippen LogP contribution in [0, 0.1) is 6.92 Å². The maximum atomic E-state index is 2.66. The highest BCUT2D eigenvalue weighted by molar-refractivity contribution is 7.26. The molecule has 0 aliphatic heterocycles. The predicted molar refractivity (Wildman–Crippen MR) is 217 cm³/mol. The minimum absolute atomic E-state index is 0.0443. The van der Waals surface area contributed by atoms with Gasteiger partial charge in [0.2, 0.25) is 0 Å². The number of benzene rings is 6. The molecular formula is C47H47N2S+. The van der Waals surface area contributed by atoms with Crippen molar-refractivity contribution in [2.45, 2.75) is 72.6 Å². The molecule has 0 saturated heterocycles. The van der Waals surface area contributed by atoms with Crippen LogP contribution >= 0.6 is 11.3 Å². The summed E-state index contributed by atoms with van der Waals surface area (Å²) >= 11 is 1.93. The Labute approximate surface area is 300 Å². The first-order valence-corrected chi connectivity index (χ1v) is 18.9. The summed E-state index contributed by atoms with van der Waals surface area (Å²) < 4.78 is 7.80. The zero-order valence-electron chi connectivity index (χ0n) is 30.8. The van der Waals surface area contributed by atoms with Crippen molar-refractivity contribution in [1.82, 2.24) is 4.57 Å². The second-order valence-electron chi connectivity index (χ2n) is 15.7. The Morgan fingerprint density at radius 1 is 0.660 bits per heavy atom. The summed E-state index contributed by atoms with van der Waals surface area (Å²) in [6.45, 7) is 18.8. The monoisotopic (exact) mass is 671 g/mol. The Hall–Kier alpha value is -4.73. The molecule has 0 saturated carbocycles. The molecule has 0 N–H and O–H groups in total. The summed E-state index contributed by atoms with van der Waals surface area (Å²) in [6.07, 6.45) is 0. The Bertz CT molecular complexity index is 2560. The number of thiophene rings is 1. The van der Waals surface area contributed by atoms with Crippen LogP contribution in [-0.4, -0.2) is 4.57 Å². The van der Waals surface area contributed by atoms with E-state index in [1.807, 2.05) is 11.3 Å². The fraction of sp³-hybridized carbons (Fsp3) is 0.255. The van der Waals surface area contributed by atoms with Gasteiger partial charge in [-0.25, -0.2) is 4.57 Å². The quantitative estimate of drug-likeness (QED) is 0.161. The van der Waals surface area contributed by atoms with Gasteiger partial charge in [-0.1, -0.05) is 133 Å². The van der Waals surface area contributed by atoms with Gasteiger partial charge in [-0.05, 0) is 76.1 Å².